The van der Waals surface area contributed by atoms with Crippen LogP contribution in [0.15, 0.2) is 6.20 Å². The second-order valence-corrected chi connectivity index (χ2v) is 2.93. The van der Waals surface area contributed by atoms with Crippen LogP contribution >= 0.6 is 0 Å². The van der Waals surface area contributed by atoms with E-state index in [9.17, 15) is 9.59 Å². The molecule has 1 rings (SSSR count). The van der Waals surface area contributed by atoms with Crippen LogP contribution in [-0.4, -0.2) is 30.6 Å². The molecule has 1 aromatic rings. The molecule has 0 aliphatic carbocycles. The molecule has 0 aromatic carbocycles. The number of ether oxygens (including phenoxy) is 2. The third kappa shape index (κ3) is 2.18. The number of hydrogen-bond acceptors (Lipinski definition) is 4. The van der Waals surface area contributed by atoms with Gasteiger partial charge >= 0.3 is 11.9 Å². The highest BCUT2D eigenvalue weighted by atomic mass is 16.5. The monoisotopic (exact) mass is 211 g/mol. The molecule has 0 aliphatic heterocycles. The van der Waals surface area contributed by atoms with Gasteiger partial charge in [0.1, 0.15) is 5.69 Å². The van der Waals surface area contributed by atoms with Crippen molar-refractivity contribution in [2.24, 2.45) is 0 Å². The number of carbonyl (C=O) groups excluding carboxylic acids is 2. The number of rotatable bonds is 3. The summed E-state index contributed by atoms with van der Waals surface area (Å²) in [6.07, 6.45) is 1.57. The highest BCUT2D eigenvalue weighted by Gasteiger charge is 2.22. The molecule has 0 saturated carbocycles. The molecule has 1 N–H and O–H groups in total. The molecule has 0 fully saturated rings. The predicted molar refractivity (Wildman–Crippen MR) is 52.8 cm³/mol. The summed E-state index contributed by atoms with van der Waals surface area (Å²) in [5.74, 6) is -1.09. The Morgan fingerprint density at radius 1 is 1.40 bits per heavy atom. The molecule has 0 saturated heterocycles. The first kappa shape index (κ1) is 11.3. The summed E-state index contributed by atoms with van der Waals surface area (Å²) in [6, 6.07) is 0. The Balaban J connectivity index is 3.09. The zero-order valence-electron chi connectivity index (χ0n) is 8.92. The number of aryl methyl sites for hydroxylation is 1. The minimum Gasteiger partial charge on any atom is -0.464 e. The molecule has 0 aliphatic rings. The number of aromatic amines is 1. The van der Waals surface area contributed by atoms with Gasteiger partial charge in [-0.1, -0.05) is 0 Å². The number of hydrogen-bond donors (Lipinski definition) is 1. The summed E-state index contributed by atoms with van der Waals surface area (Å²) in [5.41, 5.74) is 1.03. The van der Waals surface area contributed by atoms with E-state index in [1.807, 2.05) is 0 Å². The second-order valence-electron chi connectivity index (χ2n) is 2.93. The molecule has 1 heterocycles. The van der Waals surface area contributed by atoms with Gasteiger partial charge in [-0.2, -0.15) is 0 Å². The average molecular weight is 211 g/mol. The van der Waals surface area contributed by atoms with Crippen molar-refractivity contribution in [3.05, 3.63) is 23.0 Å². The largest absolute Gasteiger partial charge is 0.464 e. The lowest BCUT2D eigenvalue weighted by Gasteiger charge is -2.03. The topological polar surface area (TPSA) is 68.4 Å². The lowest BCUT2D eigenvalue weighted by Crippen LogP contribution is -2.12. The molecular weight excluding hydrogens is 198 g/mol. The Hall–Kier alpha value is -1.78. The van der Waals surface area contributed by atoms with Crippen molar-refractivity contribution in [2.75, 3.05) is 13.7 Å². The molecule has 15 heavy (non-hydrogen) atoms. The molecule has 0 radical (unpaired) electrons. The van der Waals surface area contributed by atoms with Gasteiger partial charge in [0.05, 0.1) is 19.3 Å². The van der Waals surface area contributed by atoms with Gasteiger partial charge in [0.15, 0.2) is 0 Å². The highest BCUT2D eigenvalue weighted by Crippen LogP contribution is 2.15. The summed E-state index contributed by atoms with van der Waals surface area (Å²) < 4.78 is 9.38. The first-order valence-corrected chi connectivity index (χ1v) is 4.55. The van der Waals surface area contributed by atoms with Crippen LogP contribution in [-0.2, 0) is 9.47 Å². The van der Waals surface area contributed by atoms with Gasteiger partial charge in [-0.05, 0) is 19.4 Å². The predicted octanol–water partition coefficient (Wildman–Crippen LogP) is 1.29. The van der Waals surface area contributed by atoms with E-state index in [0.29, 0.717) is 5.56 Å². The maximum atomic E-state index is 11.5. The number of carbonyl (C=O) groups is 2. The first-order chi connectivity index (χ1) is 7.11. The second kappa shape index (κ2) is 4.63. The molecular formula is C10H13NO4. The zero-order chi connectivity index (χ0) is 11.4. The summed E-state index contributed by atoms with van der Waals surface area (Å²) in [5, 5.41) is 0. The highest BCUT2D eigenvalue weighted by molar-refractivity contribution is 6.03. The van der Waals surface area contributed by atoms with Crippen LogP contribution in [0.4, 0.5) is 0 Å². The van der Waals surface area contributed by atoms with E-state index in [2.05, 4.69) is 9.72 Å². The summed E-state index contributed by atoms with van der Waals surface area (Å²) in [7, 11) is 1.26. The van der Waals surface area contributed by atoms with E-state index in [4.69, 9.17) is 4.74 Å². The molecule has 0 atom stereocenters. The van der Waals surface area contributed by atoms with Crippen LogP contribution in [0.3, 0.4) is 0 Å². The number of esters is 2. The Morgan fingerprint density at radius 3 is 2.60 bits per heavy atom. The van der Waals surface area contributed by atoms with Gasteiger partial charge < -0.3 is 14.5 Å². The molecule has 0 amide bonds. The maximum Gasteiger partial charge on any atom is 0.355 e. The van der Waals surface area contributed by atoms with Gasteiger partial charge in [0.25, 0.3) is 0 Å². The third-order valence-corrected chi connectivity index (χ3v) is 1.95. The van der Waals surface area contributed by atoms with Crippen LogP contribution in [0.5, 0.6) is 0 Å². The van der Waals surface area contributed by atoms with Gasteiger partial charge in [0.2, 0.25) is 0 Å². The van der Waals surface area contributed by atoms with E-state index in [-0.39, 0.29) is 17.9 Å². The van der Waals surface area contributed by atoms with Crippen molar-refractivity contribution in [3.8, 4) is 0 Å². The maximum absolute atomic E-state index is 11.5. The van der Waals surface area contributed by atoms with Crippen LogP contribution in [0, 0.1) is 6.92 Å². The lowest BCUT2D eigenvalue weighted by atomic mass is 10.1. The normalized spacial score (nSPS) is 9.80. The van der Waals surface area contributed by atoms with Crippen molar-refractivity contribution >= 4 is 11.9 Å². The summed E-state index contributed by atoms with van der Waals surface area (Å²) >= 11 is 0. The number of methoxy groups -OCH3 is 1. The van der Waals surface area contributed by atoms with Gasteiger partial charge in [-0.15, -0.1) is 0 Å². The van der Waals surface area contributed by atoms with Crippen molar-refractivity contribution < 1.29 is 19.1 Å². The Bertz CT molecular complexity index is 381. The number of nitrogens with one attached hydrogen (secondary N) is 1. The molecule has 0 spiro atoms. The van der Waals surface area contributed by atoms with Crippen LogP contribution < -0.4 is 0 Å². The van der Waals surface area contributed by atoms with E-state index in [0.717, 1.165) is 0 Å². The molecule has 82 valence electrons. The quantitative estimate of drug-likeness (QED) is 0.765. The van der Waals surface area contributed by atoms with E-state index < -0.39 is 11.9 Å². The Labute approximate surface area is 87.4 Å². The Kier molecular flexibility index (Phi) is 3.49. The molecule has 0 unspecified atom stereocenters. The standard InChI is InChI=1S/C10H13NO4/c1-4-15-9(12)7-6(2)5-11-8(7)10(13)14-3/h5,11H,4H2,1-3H3. The van der Waals surface area contributed by atoms with Crippen molar-refractivity contribution in [2.45, 2.75) is 13.8 Å². The molecule has 5 heteroatoms. The molecule has 1 aromatic heterocycles. The minimum atomic E-state index is -0.578. The van der Waals surface area contributed by atoms with E-state index in [1.165, 1.54) is 7.11 Å². The number of H-pyrrole nitrogens is 1. The SMILES string of the molecule is CCOC(=O)c1c(C)c[nH]c1C(=O)OC. The Morgan fingerprint density at radius 2 is 2.07 bits per heavy atom. The van der Waals surface area contributed by atoms with Crippen molar-refractivity contribution in [3.63, 3.8) is 0 Å². The number of aromatic nitrogens is 1. The van der Waals surface area contributed by atoms with Gasteiger partial charge in [0, 0.05) is 6.20 Å². The minimum absolute atomic E-state index is 0.133. The van der Waals surface area contributed by atoms with Gasteiger partial charge in [-0.25, -0.2) is 9.59 Å². The summed E-state index contributed by atoms with van der Waals surface area (Å²) in [4.78, 5) is 25.5. The van der Waals surface area contributed by atoms with E-state index in [1.54, 1.807) is 20.0 Å². The third-order valence-electron chi connectivity index (χ3n) is 1.95. The molecule has 5 nitrogen and oxygen atoms in total. The molecule has 0 bridgehead atoms. The van der Waals surface area contributed by atoms with Crippen LogP contribution in [0.25, 0.3) is 0 Å². The summed E-state index contributed by atoms with van der Waals surface area (Å²) in [6.45, 7) is 3.69. The van der Waals surface area contributed by atoms with E-state index >= 15 is 0 Å². The zero-order valence-corrected chi connectivity index (χ0v) is 8.92. The fraction of sp³-hybridized carbons (Fsp3) is 0.400. The van der Waals surface area contributed by atoms with Crippen molar-refractivity contribution in [1.29, 1.82) is 0 Å². The smallest absolute Gasteiger partial charge is 0.355 e. The first-order valence-electron chi connectivity index (χ1n) is 4.55. The van der Waals surface area contributed by atoms with Crippen LogP contribution in [0.2, 0.25) is 0 Å². The lowest BCUT2D eigenvalue weighted by molar-refractivity contribution is 0.0502. The average Bonchev–Trinajstić information content (AvgIpc) is 2.59. The van der Waals surface area contributed by atoms with Gasteiger partial charge in [-0.3, -0.25) is 0 Å². The van der Waals surface area contributed by atoms with Crippen molar-refractivity contribution in [1.82, 2.24) is 4.98 Å². The fourth-order valence-electron chi connectivity index (χ4n) is 1.25. The fourth-order valence-corrected chi connectivity index (χ4v) is 1.25. The van der Waals surface area contributed by atoms with Crippen LogP contribution in [0.1, 0.15) is 33.3 Å².